The predicted octanol–water partition coefficient (Wildman–Crippen LogP) is 5.50. The second kappa shape index (κ2) is 4.47. The zero-order valence-electron chi connectivity index (χ0n) is 12.6. The number of hydrogen-bond acceptors (Lipinski definition) is 2. The zero-order valence-corrected chi connectivity index (χ0v) is 14.3. The Hall–Kier alpha value is -2.61. The van der Waals surface area contributed by atoms with Gasteiger partial charge in [0.25, 0.3) is 0 Å². The molecule has 6 aromatic rings. The Morgan fingerprint density at radius 1 is 0.750 bits per heavy atom. The van der Waals surface area contributed by atoms with Crippen molar-refractivity contribution in [2.45, 2.75) is 0 Å². The van der Waals surface area contributed by atoms with Gasteiger partial charge in [0.05, 0.1) is 0 Å². The second-order valence-corrected chi connectivity index (χ2v) is 8.31. The minimum atomic E-state index is 0.342. The van der Waals surface area contributed by atoms with Crippen LogP contribution >= 0.6 is 0 Å². The van der Waals surface area contributed by atoms with Crippen LogP contribution in [0.25, 0.3) is 52.3 Å². The first kappa shape index (κ1) is 12.8. The quantitative estimate of drug-likeness (QED) is 0.329. The first-order valence-electron chi connectivity index (χ1n) is 7.91. The van der Waals surface area contributed by atoms with Crippen molar-refractivity contribution in [2.24, 2.45) is 0 Å². The summed E-state index contributed by atoms with van der Waals surface area (Å²) in [6.45, 7) is 0. The van der Waals surface area contributed by atoms with Crippen LogP contribution in [0.1, 0.15) is 0 Å². The van der Waals surface area contributed by atoms with Gasteiger partial charge in [0.2, 0.25) is 0 Å². The number of aromatic nitrogens is 1. The van der Waals surface area contributed by atoms with Gasteiger partial charge in [-0.15, -0.1) is 0 Å². The molecule has 0 fully saturated rings. The van der Waals surface area contributed by atoms with Gasteiger partial charge in [-0.3, -0.25) is 0 Å². The fraction of sp³-hybridized carbons (Fsp3) is 0. The maximum absolute atomic E-state index is 6.35. The molecule has 0 bridgehead atoms. The van der Waals surface area contributed by atoms with Crippen LogP contribution in [-0.4, -0.2) is 19.5 Å². The van der Waals surface area contributed by atoms with E-state index in [0.717, 1.165) is 27.6 Å². The van der Waals surface area contributed by atoms with Gasteiger partial charge in [-0.1, -0.05) is 0 Å². The molecule has 2 nitrogen and oxygen atoms in total. The molecule has 0 amide bonds. The van der Waals surface area contributed by atoms with Crippen LogP contribution in [0.3, 0.4) is 0 Å². The van der Waals surface area contributed by atoms with Gasteiger partial charge in [-0.05, 0) is 0 Å². The van der Waals surface area contributed by atoms with E-state index >= 15 is 0 Å². The van der Waals surface area contributed by atoms with Crippen molar-refractivity contribution in [1.82, 2.24) is 4.98 Å². The van der Waals surface area contributed by atoms with Crippen LogP contribution in [0.15, 0.2) is 71.1 Å². The predicted molar refractivity (Wildman–Crippen MR) is 101 cm³/mol. The molecule has 24 heavy (non-hydrogen) atoms. The van der Waals surface area contributed by atoms with E-state index in [1.54, 1.807) is 0 Å². The van der Waals surface area contributed by atoms with E-state index in [9.17, 15) is 0 Å². The van der Waals surface area contributed by atoms with E-state index in [1.165, 1.54) is 24.7 Å². The summed E-state index contributed by atoms with van der Waals surface area (Å²) in [7, 11) is 0. The topological polar surface area (TPSA) is 26.0 Å². The number of para-hydroxylation sites is 1. The van der Waals surface area contributed by atoms with E-state index in [-0.39, 0.29) is 0 Å². The molecule has 0 spiro atoms. The van der Waals surface area contributed by atoms with Gasteiger partial charge < -0.3 is 0 Å². The Morgan fingerprint density at radius 2 is 1.58 bits per heavy atom. The van der Waals surface area contributed by atoms with Crippen LogP contribution in [0, 0.1) is 0 Å². The van der Waals surface area contributed by atoms with Crippen molar-refractivity contribution in [3.05, 3.63) is 66.7 Å². The average Bonchev–Trinajstić information content (AvgIpc) is 2.94. The first-order valence-corrected chi connectivity index (χ1v) is 9.62. The Balaban J connectivity index is 2.04. The van der Waals surface area contributed by atoms with Crippen molar-refractivity contribution in [2.75, 3.05) is 0 Å². The van der Waals surface area contributed by atoms with Crippen LogP contribution in [0.2, 0.25) is 0 Å². The summed E-state index contributed by atoms with van der Waals surface area (Å²) < 4.78 is 9.18. The van der Waals surface area contributed by atoms with Crippen LogP contribution in [-0.2, 0) is 0 Å². The summed E-state index contributed by atoms with van der Waals surface area (Å²) in [6.07, 6.45) is 0. The fourth-order valence-electron chi connectivity index (χ4n) is 3.60. The van der Waals surface area contributed by atoms with Gasteiger partial charge in [0.1, 0.15) is 0 Å². The van der Waals surface area contributed by atoms with Gasteiger partial charge >= 0.3 is 143 Å². The first-order chi connectivity index (χ1) is 11.9. The number of pyridine rings is 1. The molecule has 0 saturated heterocycles. The van der Waals surface area contributed by atoms with Crippen LogP contribution in [0.4, 0.5) is 0 Å². The van der Waals surface area contributed by atoms with Gasteiger partial charge in [0, 0.05) is 0 Å². The van der Waals surface area contributed by atoms with Crippen LogP contribution < -0.4 is 0 Å². The minimum absolute atomic E-state index is 0.342. The molecule has 0 saturated carbocycles. The molecular formula is C21H11NOSe. The standard InChI is InChI=1S/C21H11NOSe/c1-2-7-14-12(5-1)11-16-21(22-14)13-6-3-9-17-19(13)20-15(23-16)8-4-10-18(20)24-17/h1-11H. The molecule has 0 aliphatic rings. The zero-order chi connectivity index (χ0) is 15.7. The summed E-state index contributed by atoms with van der Waals surface area (Å²) in [4.78, 5) is 4.95. The van der Waals surface area contributed by atoms with Crippen molar-refractivity contribution in [3.63, 3.8) is 0 Å². The molecule has 0 radical (unpaired) electrons. The number of fused-ring (bicyclic) bond motifs is 3. The summed E-state index contributed by atoms with van der Waals surface area (Å²) in [5.41, 5.74) is 3.76. The number of rotatable bonds is 0. The summed E-state index contributed by atoms with van der Waals surface area (Å²) in [5, 5.41) is 4.89. The van der Waals surface area contributed by atoms with E-state index in [1.807, 2.05) is 12.1 Å². The molecule has 3 aromatic carbocycles. The molecule has 3 aromatic heterocycles. The molecule has 0 N–H and O–H groups in total. The Morgan fingerprint density at radius 3 is 2.54 bits per heavy atom. The van der Waals surface area contributed by atoms with Gasteiger partial charge in [0.15, 0.2) is 0 Å². The SMILES string of the molecule is c1ccc2nc3c(cc2c1)oc1cccc2[se]c4cccc3c4c12. The molecule has 6 rings (SSSR count). The Bertz CT molecular complexity index is 1410. The summed E-state index contributed by atoms with van der Waals surface area (Å²) in [6, 6.07) is 23.3. The Kier molecular flexibility index (Phi) is 2.38. The average molecular weight is 372 g/mol. The fourth-order valence-corrected chi connectivity index (χ4v) is 6.01. The van der Waals surface area contributed by atoms with E-state index in [2.05, 4.69) is 54.6 Å². The summed E-state index contributed by atoms with van der Waals surface area (Å²) in [5.74, 6) is 0. The normalized spacial score (nSPS) is 12.2. The van der Waals surface area contributed by atoms with Crippen molar-refractivity contribution in [3.8, 4) is 0 Å². The van der Waals surface area contributed by atoms with Crippen molar-refractivity contribution >= 4 is 66.8 Å². The number of hydrogen-bond donors (Lipinski definition) is 0. The third-order valence-electron chi connectivity index (χ3n) is 4.65. The maximum atomic E-state index is 6.35. The molecule has 3 heterocycles. The molecule has 0 atom stereocenters. The van der Waals surface area contributed by atoms with E-state index in [4.69, 9.17) is 9.40 Å². The Labute approximate surface area is 143 Å². The third-order valence-corrected chi connectivity index (χ3v) is 7.00. The molecule has 0 unspecified atom stereocenters. The summed E-state index contributed by atoms with van der Waals surface area (Å²) >= 11 is 0.342. The second-order valence-electron chi connectivity index (χ2n) is 6.04. The molecule has 0 aliphatic heterocycles. The van der Waals surface area contributed by atoms with Gasteiger partial charge in [-0.25, -0.2) is 0 Å². The molecule has 112 valence electrons. The van der Waals surface area contributed by atoms with Crippen molar-refractivity contribution in [1.29, 1.82) is 0 Å². The van der Waals surface area contributed by atoms with E-state index in [0.29, 0.717) is 14.5 Å². The van der Waals surface area contributed by atoms with Crippen LogP contribution in [0.5, 0.6) is 0 Å². The molecule has 0 aliphatic carbocycles. The third kappa shape index (κ3) is 1.58. The molecule has 3 heteroatoms. The van der Waals surface area contributed by atoms with Gasteiger partial charge in [-0.2, -0.15) is 0 Å². The molecular weight excluding hydrogens is 361 g/mol. The monoisotopic (exact) mass is 373 g/mol. The van der Waals surface area contributed by atoms with E-state index < -0.39 is 0 Å². The number of nitrogens with zero attached hydrogens (tertiary/aromatic N) is 1. The van der Waals surface area contributed by atoms with Crippen molar-refractivity contribution < 1.29 is 4.42 Å². The number of benzene rings is 3.